The fraction of sp³-hybridized carbons (Fsp3) is 0.167. The fourth-order valence-corrected chi connectivity index (χ4v) is 4.91. The fourth-order valence-electron chi connectivity index (χ4n) is 4.06. The third kappa shape index (κ3) is 2.64. The van der Waals surface area contributed by atoms with Gasteiger partial charge in [-0.3, -0.25) is 9.59 Å². The van der Waals surface area contributed by atoms with Crippen molar-refractivity contribution in [1.82, 2.24) is 0 Å². The Balaban J connectivity index is 1.66. The van der Waals surface area contributed by atoms with Crippen LogP contribution in [0.3, 0.4) is 0 Å². The minimum Gasteiger partial charge on any atom is -0.481 e. The number of hydrogen-bond acceptors (Lipinski definition) is 4. The van der Waals surface area contributed by atoms with Gasteiger partial charge < -0.3 is 4.74 Å². The first-order valence-corrected chi connectivity index (χ1v) is 10.2. The Labute approximate surface area is 167 Å². The van der Waals surface area contributed by atoms with Crippen LogP contribution in [-0.4, -0.2) is 11.6 Å². The summed E-state index contributed by atoms with van der Waals surface area (Å²) >= 11 is 1.62. The highest BCUT2D eigenvalue weighted by Crippen LogP contribution is 2.47. The summed E-state index contributed by atoms with van der Waals surface area (Å²) in [7, 11) is 0. The number of benzene rings is 2. The highest BCUT2D eigenvalue weighted by atomic mass is 32.1. The molecule has 1 aliphatic heterocycles. The molecule has 0 fully saturated rings. The molecule has 5 rings (SSSR count). The zero-order valence-corrected chi connectivity index (χ0v) is 16.2. The Morgan fingerprint density at radius 3 is 2.29 bits per heavy atom. The number of carbonyl (C=O) groups is 2. The Morgan fingerprint density at radius 2 is 1.61 bits per heavy atom. The lowest BCUT2D eigenvalue weighted by Crippen LogP contribution is -2.31. The molecular formula is C24H18O3S. The van der Waals surface area contributed by atoms with Crippen molar-refractivity contribution in [1.29, 1.82) is 0 Å². The van der Waals surface area contributed by atoms with E-state index in [4.69, 9.17) is 4.74 Å². The summed E-state index contributed by atoms with van der Waals surface area (Å²) < 4.78 is 6.20. The van der Waals surface area contributed by atoms with Crippen molar-refractivity contribution in [3.8, 4) is 0 Å². The number of thiophene rings is 1. The van der Waals surface area contributed by atoms with Crippen LogP contribution >= 0.6 is 11.3 Å². The van der Waals surface area contributed by atoms with Crippen molar-refractivity contribution >= 4 is 22.9 Å². The van der Waals surface area contributed by atoms with Crippen molar-refractivity contribution in [2.75, 3.05) is 0 Å². The predicted molar refractivity (Wildman–Crippen MR) is 109 cm³/mol. The third-order valence-electron chi connectivity index (χ3n) is 5.51. The van der Waals surface area contributed by atoms with E-state index in [2.05, 4.69) is 0 Å². The van der Waals surface area contributed by atoms with Crippen LogP contribution in [0.25, 0.3) is 0 Å². The largest absolute Gasteiger partial charge is 0.481 e. The third-order valence-corrected chi connectivity index (χ3v) is 6.49. The number of fused-ring (bicyclic) bond motifs is 1. The van der Waals surface area contributed by atoms with Gasteiger partial charge in [0.15, 0.2) is 11.5 Å². The molecule has 2 aliphatic rings. The molecule has 1 aromatic heterocycles. The topological polar surface area (TPSA) is 43.4 Å². The van der Waals surface area contributed by atoms with Gasteiger partial charge in [0.1, 0.15) is 6.10 Å². The van der Waals surface area contributed by atoms with E-state index in [1.165, 1.54) is 5.56 Å². The summed E-state index contributed by atoms with van der Waals surface area (Å²) in [6, 6.07) is 19.2. The van der Waals surface area contributed by atoms with Crippen LogP contribution in [0.1, 0.15) is 55.2 Å². The highest BCUT2D eigenvalue weighted by Gasteiger charge is 2.43. The van der Waals surface area contributed by atoms with Crippen LogP contribution in [0.15, 0.2) is 77.4 Å². The Morgan fingerprint density at radius 1 is 0.893 bits per heavy atom. The highest BCUT2D eigenvalue weighted by molar-refractivity contribution is 7.10. The minimum absolute atomic E-state index is 0.0917. The molecular weight excluding hydrogens is 368 g/mol. The molecule has 2 unspecified atom stereocenters. The quantitative estimate of drug-likeness (QED) is 0.573. The van der Waals surface area contributed by atoms with Gasteiger partial charge in [0.05, 0.1) is 5.57 Å². The standard InChI is InChI=1S/C24H18O3S/c1-14-8-10-15(11-9-14)19-13-18(20-7-4-12-28-20)21-22(25)16-5-2-3-6-17(16)23(26)24(21)27-19/h2-12,18-19H,13H2,1H3. The summed E-state index contributed by atoms with van der Waals surface area (Å²) in [5.41, 5.74) is 3.62. The van der Waals surface area contributed by atoms with Gasteiger partial charge in [-0.1, -0.05) is 60.2 Å². The lowest BCUT2D eigenvalue weighted by molar-refractivity contribution is 0.0586. The number of allylic oxidation sites excluding steroid dienone is 2. The van der Waals surface area contributed by atoms with Gasteiger partial charge in [0, 0.05) is 28.3 Å². The number of Topliss-reactive ketones (excluding diaryl/α,β-unsaturated/α-hetero) is 2. The van der Waals surface area contributed by atoms with E-state index in [9.17, 15) is 9.59 Å². The van der Waals surface area contributed by atoms with Crippen molar-refractivity contribution in [2.45, 2.75) is 25.4 Å². The summed E-state index contributed by atoms with van der Waals surface area (Å²) in [6.07, 6.45) is 0.386. The van der Waals surface area contributed by atoms with Crippen LogP contribution in [-0.2, 0) is 4.74 Å². The first kappa shape index (κ1) is 17.1. The second kappa shape index (κ2) is 6.57. The molecule has 0 saturated heterocycles. The molecule has 3 aromatic rings. The average molecular weight is 386 g/mol. The first-order chi connectivity index (χ1) is 13.6. The van der Waals surface area contributed by atoms with Gasteiger partial charge >= 0.3 is 0 Å². The van der Waals surface area contributed by atoms with Crippen LogP contribution < -0.4 is 0 Å². The van der Waals surface area contributed by atoms with Gasteiger partial charge in [-0.25, -0.2) is 0 Å². The van der Waals surface area contributed by atoms with Gasteiger partial charge in [0.2, 0.25) is 5.78 Å². The normalized spacial score (nSPS) is 21.2. The molecule has 0 bridgehead atoms. The minimum atomic E-state index is -0.256. The van der Waals surface area contributed by atoms with Crippen molar-refractivity contribution in [3.05, 3.63) is 105 Å². The SMILES string of the molecule is Cc1ccc(C2CC(c3cccs3)C3=C(O2)C(=O)c2ccccc2C3=O)cc1. The number of hydrogen-bond donors (Lipinski definition) is 0. The van der Waals surface area contributed by atoms with Crippen LogP contribution in [0.5, 0.6) is 0 Å². The summed E-state index contributed by atoms with van der Waals surface area (Å²) in [4.78, 5) is 27.6. The zero-order chi connectivity index (χ0) is 19.3. The molecule has 0 spiro atoms. The molecule has 2 atom stereocenters. The van der Waals surface area contributed by atoms with Gasteiger partial charge in [-0.15, -0.1) is 11.3 Å². The van der Waals surface area contributed by atoms with Crippen LogP contribution in [0.2, 0.25) is 0 Å². The number of carbonyl (C=O) groups excluding carboxylic acids is 2. The molecule has 0 N–H and O–H groups in total. The van der Waals surface area contributed by atoms with E-state index < -0.39 is 0 Å². The van der Waals surface area contributed by atoms with Gasteiger partial charge in [0.25, 0.3) is 0 Å². The Bertz CT molecular complexity index is 1110. The molecule has 1 aliphatic carbocycles. The zero-order valence-electron chi connectivity index (χ0n) is 15.3. The average Bonchev–Trinajstić information content (AvgIpc) is 3.26. The van der Waals surface area contributed by atoms with Gasteiger partial charge in [-0.05, 0) is 23.9 Å². The maximum absolute atomic E-state index is 13.3. The molecule has 0 amide bonds. The summed E-state index contributed by atoms with van der Waals surface area (Å²) in [5, 5.41) is 2.01. The first-order valence-electron chi connectivity index (χ1n) is 9.32. The van der Waals surface area contributed by atoms with Crippen molar-refractivity contribution in [2.24, 2.45) is 0 Å². The van der Waals surface area contributed by atoms with E-state index >= 15 is 0 Å². The maximum Gasteiger partial charge on any atom is 0.228 e. The molecule has 0 saturated carbocycles. The van der Waals surface area contributed by atoms with Crippen molar-refractivity contribution in [3.63, 3.8) is 0 Å². The number of aryl methyl sites for hydroxylation is 1. The molecule has 138 valence electrons. The molecule has 0 radical (unpaired) electrons. The molecule has 4 heteroatoms. The molecule has 2 aromatic carbocycles. The monoisotopic (exact) mass is 386 g/mol. The van der Waals surface area contributed by atoms with E-state index in [1.807, 2.05) is 48.7 Å². The van der Waals surface area contributed by atoms with E-state index in [0.29, 0.717) is 23.1 Å². The molecule has 3 nitrogen and oxygen atoms in total. The van der Waals surface area contributed by atoms with Crippen molar-refractivity contribution < 1.29 is 14.3 Å². The number of ketones is 2. The number of ether oxygens (including phenoxy) is 1. The van der Waals surface area contributed by atoms with E-state index in [0.717, 1.165) is 10.4 Å². The van der Waals surface area contributed by atoms with Crippen LogP contribution in [0, 0.1) is 6.92 Å². The summed E-state index contributed by atoms with van der Waals surface area (Å²) in [6.45, 7) is 2.04. The molecule has 2 heterocycles. The lowest BCUT2D eigenvalue weighted by Gasteiger charge is -2.35. The second-order valence-corrected chi connectivity index (χ2v) is 8.25. The van der Waals surface area contributed by atoms with Crippen LogP contribution in [0.4, 0.5) is 0 Å². The van der Waals surface area contributed by atoms with E-state index in [1.54, 1.807) is 35.6 Å². The lowest BCUT2D eigenvalue weighted by atomic mass is 9.77. The Kier molecular flexibility index (Phi) is 4.02. The Hall–Kier alpha value is -2.98. The smallest absolute Gasteiger partial charge is 0.228 e. The predicted octanol–water partition coefficient (Wildman–Crippen LogP) is 5.64. The molecule has 28 heavy (non-hydrogen) atoms. The van der Waals surface area contributed by atoms with E-state index in [-0.39, 0.29) is 29.3 Å². The summed E-state index contributed by atoms with van der Waals surface area (Å²) in [5.74, 6) is -0.201. The second-order valence-electron chi connectivity index (χ2n) is 7.27. The maximum atomic E-state index is 13.3. The van der Waals surface area contributed by atoms with Gasteiger partial charge in [-0.2, -0.15) is 0 Å². The number of rotatable bonds is 2.